The Morgan fingerprint density at radius 2 is 1.91 bits per heavy atom. The van der Waals surface area contributed by atoms with Gasteiger partial charge in [-0.1, -0.05) is 0 Å². The van der Waals surface area contributed by atoms with E-state index >= 15 is 0 Å². The zero-order valence-corrected chi connectivity index (χ0v) is 19.0. The van der Waals surface area contributed by atoms with Crippen LogP contribution >= 0.6 is 0 Å². The van der Waals surface area contributed by atoms with Crippen molar-refractivity contribution in [3.63, 3.8) is 0 Å². The average Bonchev–Trinajstić information content (AvgIpc) is 3.25. The Kier molecular flexibility index (Phi) is 6.98. The van der Waals surface area contributed by atoms with Crippen LogP contribution in [0, 0.1) is 23.1 Å². The fourth-order valence-electron chi connectivity index (χ4n) is 4.37. The monoisotopic (exact) mass is 469 g/mol. The summed E-state index contributed by atoms with van der Waals surface area (Å²) in [5.74, 6) is -1.38. The Morgan fingerprint density at radius 3 is 2.56 bits per heavy atom. The molecule has 2 saturated heterocycles. The number of halogens is 1. The lowest BCUT2D eigenvalue weighted by molar-refractivity contribution is 0.0226. The third-order valence-corrected chi connectivity index (χ3v) is 6.38. The second-order valence-corrected chi connectivity index (χ2v) is 8.79. The number of hydrogen-bond acceptors (Lipinski definition) is 7. The number of nitrogens with one attached hydrogen (secondary N) is 1. The van der Waals surface area contributed by atoms with Gasteiger partial charge in [-0.05, 0) is 50.6 Å². The van der Waals surface area contributed by atoms with Crippen molar-refractivity contribution < 1.29 is 18.7 Å². The van der Waals surface area contributed by atoms with Crippen LogP contribution in [0.25, 0.3) is 0 Å². The summed E-state index contributed by atoms with van der Waals surface area (Å²) in [6.07, 6.45) is 3.07. The number of aromatic nitrogens is 2. The average molecular weight is 470 g/mol. The summed E-state index contributed by atoms with van der Waals surface area (Å²) in [4.78, 5) is 28.5. The number of likely N-dealkylation sites (tertiary alicyclic amines) is 2. The van der Waals surface area contributed by atoms with Crippen LogP contribution < -0.4 is 11.1 Å². The molecule has 2 aliphatic rings. The minimum Gasteiger partial charge on any atom is -0.446 e. The Balaban J connectivity index is 1.45. The van der Waals surface area contributed by atoms with E-state index in [9.17, 15) is 19.2 Å². The molecule has 0 aliphatic carbocycles. The van der Waals surface area contributed by atoms with Crippen molar-refractivity contribution in [1.29, 1.82) is 5.26 Å². The second-order valence-electron chi connectivity index (χ2n) is 8.79. The van der Waals surface area contributed by atoms with Crippen molar-refractivity contribution in [2.75, 3.05) is 38.5 Å². The topological polar surface area (TPSA) is 130 Å². The minimum atomic E-state index is -0.677. The summed E-state index contributed by atoms with van der Waals surface area (Å²) in [7, 11) is 2.04. The normalized spacial score (nSPS) is 21.6. The van der Waals surface area contributed by atoms with E-state index in [1.807, 2.05) is 7.05 Å². The Labute approximate surface area is 197 Å². The van der Waals surface area contributed by atoms with Gasteiger partial charge in [-0.25, -0.2) is 9.18 Å². The molecule has 34 heavy (non-hydrogen) atoms. The maximum atomic E-state index is 13.2. The maximum Gasteiger partial charge on any atom is 0.410 e. The molecule has 2 amide bonds. The zero-order chi connectivity index (χ0) is 24.2. The molecule has 0 unspecified atom stereocenters. The van der Waals surface area contributed by atoms with E-state index in [4.69, 9.17) is 10.5 Å². The molecule has 180 valence electrons. The highest BCUT2D eigenvalue weighted by Gasteiger charge is 2.35. The molecule has 3 N–H and O–H groups in total. The Hall–Kier alpha value is -3.65. The number of ether oxygens (including phenoxy) is 1. The van der Waals surface area contributed by atoms with Crippen LogP contribution in [0.15, 0.2) is 30.5 Å². The molecule has 3 heterocycles. The van der Waals surface area contributed by atoms with Gasteiger partial charge in [0.05, 0.1) is 18.0 Å². The molecular weight excluding hydrogens is 441 g/mol. The molecular formula is C23H28FN7O3. The standard InChI is InChI=1S/C23H28FN7O3/c1-29-9-6-18(7-10-29)34-23(33)30-11-8-20(15(12-25)13-30)31-14-19(21(26)32)22(28-31)27-17-4-2-16(24)3-5-17/h2-5,14-15,18,20H,6-11,13H2,1H3,(H2,26,32)(H,27,28)/t15-,20-/m0/s1. The van der Waals surface area contributed by atoms with Gasteiger partial charge in [0.2, 0.25) is 0 Å². The molecule has 4 rings (SSSR count). The van der Waals surface area contributed by atoms with Crippen molar-refractivity contribution >= 4 is 23.5 Å². The second kappa shape index (κ2) is 10.1. The van der Waals surface area contributed by atoms with E-state index in [1.54, 1.807) is 9.58 Å². The van der Waals surface area contributed by atoms with Gasteiger partial charge in [0.15, 0.2) is 5.82 Å². The zero-order valence-electron chi connectivity index (χ0n) is 19.0. The lowest BCUT2D eigenvalue weighted by Gasteiger charge is -2.36. The largest absolute Gasteiger partial charge is 0.446 e. The van der Waals surface area contributed by atoms with E-state index < -0.39 is 17.9 Å². The number of nitriles is 1. The minimum absolute atomic E-state index is 0.105. The Bertz CT molecular complexity index is 1070. The van der Waals surface area contributed by atoms with Crippen LogP contribution in [0.2, 0.25) is 0 Å². The van der Waals surface area contributed by atoms with E-state index in [0.717, 1.165) is 25.9 Å². The van der Waals surface area contributed by atoms with E-state index in [-0.39, 0.29) is 35.9 Å². The number of hydrogen-bond donors (Lipinski definition) is 2. The molecule has 0 saturated carbocycles. The summed E-state index contributed by atoms with van der Waals surface area (Å²) in [5, 5.41) is 17.2. The summed E-state index contributed by atoms with van der Waals surface area (Å²) in [6, 6.07) is 7.53. The number of nitrogens with zero attached hydrogens (tertiary/aromatic N) is 5. The van der Waals surface area contributed by atoms with Gasteiger partial charge < -0.3 is 25.6 Å². The molecule has 0 spiro atoms. The number of amides is 2. The first-order valence-electron chi connectivity index (χ1n) is 11.3. The fourth-order valence-corrected chi connectivity index (χ4v) is 4.37. The molecule has 2 aromatic rings. The molecule has 10 nitrogen and oxygen atoms in total. The van der Waals surface area contributed by atoms with E-state index in [1.165, 1.54) is 30.5 Å². The molecule has 2 aliphatic heterocycles. The lowest BCUT2D eigenvalue weighted by atomic mass is 9.94. The van der Waals surface area contributed by atoms with Gasteiger partial charge in [0.25, 0.3) is 5.91 Å². The summed E-state index contributed by atoms with van der Waals surface area (Å²) in [5.41, 5.74) is 6.23. The first kappa shape index (κ1) is 23.5. The number of nitrogens with two attached hydrogens (primary N) is 1. The lowest BCUT2D eigenvalue weighted by Crippen LogP contribution is -2.46. The summed E-state index contributed by atoms with van der Waals surface area (Å²) >= 11 is 0. The number of piperidine rings is 2. The van der Waals surface area contributed by atoms with Crippen LogP contribution in [0.5, 0.6) is 0 Å². The number of carbonyl (C=O) groups excluding carboxylic acids is 2. The first-order chi connectivity index (χ1) is 16.3. The van der Waals surface area contributed by atoms with Crippen molar-refractivity contribution in [1.82, 2.24) is 19.6 Å². The number of carbonyl (C=O) groups is 2. The maximum absolute atomic E-state index is 13.2. The van der Waals surface area contributed by atoms with Crippen molar-refractivity contribution in [2.45, 2.75) is 31.4 Å². The highest BCUT2D eigenvalue weighted by atomic mass is 19.1. The SMILES string of the molecule is CN1CCC(OC(=O)N2CC[C@H](n3cc(C(N)=O)c(Nc4ccc(F)cc4)n3)[C@@H](C#N)C2)CC1. The van der Waals surface area contributed by atoms with Crippen molar-refractivity contribution in [3.8, 4) is 6.07 Å². The van der Waals surface area contributed by atoms with Crippen molar-refractivity contribution in [3.05, 3.63) is 41.8 Å². The van der Waals surface area contributed by atoms with Crippen molar-refractivity contribution in [2.24, 2.45) is 11.7 Å². The predicted octanol–water partition coefficient (Wildman–Crippen LogP) is 2.48. The number of benzene rings is 1. The van der Waals surface area contributed by atoms with E-state index in [2.05, 4.69) is 21.4 Å². The van der Waals surface area contributed by atoms with Gasteiger partial charge in [-0.2, -0.15) is 10.4 Å². The molecule has 2 atom stereocenters. The first-order valence-corrected chi connectivity index (χ1v) is 11.3. The number of primary amides is 1. The quantitative estimate of drug-likeness (QED) is 0.688. The van der Waals surface area contributed by atoms with Crippen LogP contribution in [-0.2, 0) is 4.74 Å². The van der Waals surface area contributed by atoms with Crippen LogP contribution in [0.3, 0.4) is 0 Å². The highest BCUT2D eigenvalue weighted by Crippen LogP contribution is 2.31. The molecule has 2 fully saturated rings. The molecule has 0 radical (unpaired) electrons. The van der Waals surface area contributed by atoms with Gasteiger partial charge in [-0.15, -0.1) is 0 Å². The molecule has 0 bridgehead atoms. The van der Waals surface area contributed by atoms with Crippen LogP contribution in [0.1, 0.15) is 35.7 Å². The molecule has 11 heteroatoms. The van der Waals surface area contributed by atoms with Gasteiger partial charge in [0.1, 0.15) is 17.5 Å². The summed E-state index contributed by atoms with van der Waals surface area (Å²) in [6.45, 7) is 2.38. The number of anilines is 2. The third-order valence-electron chi connectivity index (χ3n) is 6.38. The molecule has 1 aromatic carbocycles. The van der Waals surface area contributed by atoms with Gasteiger partial charge in [-0.3, -0.25) is 9.48 Å². The number of rotatable bonds is 5. The third kappa shape index (κ3) is 5.28. The highest BCUT2D eigenvalue weighted by molar-refractivity contribution is 5.98. The van der Waals surface area contributed by atoms with Crippen LogP contribution in [-0.4, -0.2) is 70.9 Å². The van der Waals surface area contributed by atoms with Gasteiger partial charge in [0, 0.05) is 38.1 Å². The predicted molar refractivity (Wildman–Crippen MR) is 122 cm³/mol. The fraction of sp³-hybridized carbons (Fsp3) is 0.478. The van der Waals surface area contributed by atoms with Crippen LogP contribution in [0.4, 0.5) is 20.7 Å². The smallest absolute Gasteiger partial charge is 0.410 e. The van der Waals surface area contributed by atoms with E-state index in [0.29, 0.717) is 18.7 Å². The summed E-state index contributed by atoms with van der Waals surface area (Å²) < 4.78 is 20.4. The Morgan fingerprint density at radius 1 is 1.21 bits per heavy atom. The molecule has 1 aromatic heterocycles. The van der Waals surface area contributed by atoms with Gasteiger partial charge >= 0.3 is 6.09 Å².